The van der Waals surface area contributed by atoms with Crippen molar-refractivity contribution in [2.75, 3.05) is 20.1 Å². The first-order valence-corrected chi connectivity index (χ1v) is 4.39. The minimum atomic E-state index is -0.311. The lowest BCUT2D eigenvalue weighted by Crippen LogP contribution is -2.28. The number of nitrogens with two attached hydrogens (primary N) is 1. The highest BCUT2D eigenvalue weighted by molar-refractivity contribution is 5.79. The summed E-state index contributed by atoms with van der Waals surface area (Å²) in [6.45, 7) is 3.23. The van der Waals surface area contributed by atoms with E-state index in [1.54, 1.807) is 6.92 Å². The van der Waals surface area contributed by atoms with Gasteiger partial charge in [0.05, 0.1) is 6.10 Å². The van der Waals surface area contributed by atoms with Crippen LogP contribution in [0, 0.1) is 0 Å². The molecule has 0 heterocycles. The van der Waals surface area contributed by atoms with Gasteiger partial charge in [-0.2, -0.15) is 0 Å². The second-order valence-corrected chi connectivity index (χ2v) is 3.31. The lowest BCUT2D eigenvalue weighted by Gasteiger charge is -2.17. The maximum absolute atomic E-state index is 9.05. The molecule has 0 aromatic rings. The fourth-order valence-electron chi connectivity index (χ4n) is 1.12. The van der Waals surface area contributed by atoms with Crippen LogP contribution in [-0.4, -0.2) is 47.3 Å². The molecule has 0 bridgehead atoms. The fraction of sp³-hybridized carbons (Fsp3) is 0.875. The Morgan fingerprint density at radius 2 is 2.23 bits per heavy atom. The van der Waals surface area contributed by atoms with E-state index in [0.29, 0.717) is 13.0 Å². The van der Waals surface area contributed by atoms with E-state index in [-0.39, 0.29) is 11.9 Å². The van der Waals surface area contributed by atoms with Crippen molar-refractivity contribution in [1.29, 1.82) is 0 Å². The van der Waals surface area contributed by atoms with Gasteiger partial charge >= 0.3 is 0 Å². The number of hydrogen-bond acceptors (Lipinski definition) is 4. The Bertz CT molecular complexity index is 159. The first-order valence-electron chi connectivity index (χ1n) is 4.39. The molecule has 5 heteroatoms. The summed E-state index contributed by atoms with van der Waals surface area (Å²) in [4.78, 5) is 2.01. The van der Waals surface area contributed by atoms with Gasteiger partial charge in [-0.1, -0.05) is 5.16 Å². The molecule has 0 radical (unpaired) electrons. The molecule has 13 heavy (non-hydrogen) atoms. The van der Waals surface area contributed by atoms with Gasteiger partial charge in [0.15, 0.2) is 0 Å². The van der Waals surface area contributed by atoms with Crippen molar-refractivity contribution in [2.45, 2.75) is 25.9 Å². The van der Waals surface area contributed by atoms with E-state index in [9.17, 15) is 0 Å². The lowest BCUT2D eigenvalue weighted by atomic mass is 10.2. The van der Waals surface area contributed by atoms with Crippen molar-refractivity contribution in [3.63, 3.8) is 0 Å². The fourth-order valence-corrected chi connectivity index (χ4v) is 1.12. The molecule has 1 unspecified atom stereocenters. The Morgan fingerprint density at radius 1 is 1.62 bits per heavy atom. The molecule has 0 aromatic heterocycles. The summed E-state index contributed by atoms with van der Waals surface area (Å²) < 4.78 is 0. The van der Waals surface area contributed by atoms with E-state index >= 15 is 0 Å². The van der Waals surface area contributed by atoms with Gasteiger partial charge in [-0.15, -0.1) is 0 Å². The number of aliphatic hydroxyl groups excluding tert-OH is 1. The van der Waals surface area contributed by atoms with Crippen LogP contribution >= 0.6 is 0 Å². The van der Waals surface area contributed by atoms with Gasteiger partial charge in [0.25, 0.3) is 0 Å². The summed E-state index contributed by atoms with van der Waals surface area (Å²) in [5, 5.41) is 20.2. The molecular formula is C8H19N3O2. The van der Waals surface area contributed by atoms with Crippen LogP contribution in [0.3, 0.4) is 0 Å². The topological polar surface area (TPSA) is 82.1 Å². The minimum absolute atomic E-state index is 0.255. The molecule has 0 aromatic carbocycles. The predicted molar refractivity (Wildman–Crippen MR) is 51.8 cm³/mol. The molecule has 0 saturated heterocycles. The summed E-state index contributed by atoms with van der Waals surface area (Å²) in [6.07, 6.45) is 1.11. The number of hydrogen-bond donors (Lipinski definition) is 3. The molecule has 0 aliphatic rings. The van der Waals surface area contributed by atoms with E-state index in [1.165, 1.54) is 0 Å². The Kier molecular flexibility index (Phi) is 6.26. The van der Waals surface area contributed by atoms with E-state index < -0.39 is 0 Å². The Balaban J connectivity index is 3.42. The van der Waals surface area contributed by atoms with Crippen molar-refractivity contribution >= 4 is 5.84 Å². The van der Waals surface area contributed by atoms with Gasteiger partial charge in [0, 0.05) is 13.0 Å². The highest BCUT2D eigenvalue weighted by atomic mass is 16.4. The van der Waals surface area contributed by atoms with Crippen LogP contribution in [0.5, 0.6) is 0 Å². The third-order valence-corrected chi connectivity index (χ3v) is 1.68. The van der Waals surface area contributed by atoms with Crippen LogP contribution in [0.4, 0.5) is 0 Å². The number of amidine groups is 1. The molecule has 78 valence electrons. The average Bonchev–Trinajstić information content (AvgIpc) is 2.02. The first kappa shape index (κ1) is 12.2. The van der Waals surface area contributed by atoms with Gasteiger partial charge in [-0.3, -0.25) is 0 Å². The SMILES string of the molecule is CC(O)CN(C)CCCC(N)=NO. The summed E-state index contributed by atoms with van der Waals surface area (Å²) >= 11 is 0. The Hall–Kier alpha value is -0.810. The quantitative estimate of drug-likeness (QED) is 0.234. The molecule has 4 N–H and O–H groups in total. The summed E-state index contributed by atoms with van der Waals surface area (Å²) in [5.74, 6) is 0.255. The molecule has 1 atom stereocenters. The Morgan fingerprint density at radius 3 is 2.69 bits per heavy atom. The van der Waals surface area contributed by atoms with Gasteiger partial charge in [0.1, 0.15) is 5.84 Å². The minimum Gasteiger partial charge on any atom is -0.409 e. The summed E-state index contributed by atoms with van der Waals surface area (Å²) in [6, 6.07) is 0. The third kappa shape index (κ3) is 7.55. The van der Waals surface area contributed by atoms with Crippen molar-refractivity contribution in [1.82, 2.24) is 4.90 Å². The van der Waals surface area contributed by atoms with Crippen LogP contribution in [-0.2, 0) is 0 Å². The van der Waals surface area contributed by atoms with E-state index in [1.807, 2.05) is 11.9 Å². The predicted octanol–water partition coefficient (Wildman–Crippen LogP) is -0.174. The van der Waals surface area contributed by atoms with Crippen LogP contribution in [0.2, 0.25) is 0 Å². The molecular weight excluding hydrogens is 170 g/mol. The standard InChI is InChI=1S/C8H19N3O2/c1-7(12)6-11(2)5-3-4-8(9)10-13/h7,12-13H,3-6H2,1-2H3,(H2,9,10). The molecule has 0 aliphatic heterocycles. The van der Waals surface area contributed by atoms with Crippen LogP contribution < -0.4 is 5.73 Å². The lowest BCUT2D eigenvalue weighted by molar-refractivity contribution is 0.141. The molecule has 0 amide bonds. The van der Waals surface area contributed by atoms with E-state index in [4.69, 9.17) is 16.0 Å². The zero-order valence-corrected chi connectivity index (χ0v) is 8.27. The first-order chi connectivity index (χ1) is 6.06. The maximum Gasteiger partial charge on any atom is 0.139 e. The van der Waals surface area contributed by atoms with Gasteiger partial charge < -0.3 is 20.9 Å². The molecule has 0 saturated carbocycles. The molecule has 0 fully saturated rings. The van der Waals surface area contributed by atoms with Crippen molar-refractivity contribution in [3.05, 3.63) is 0 Å². The highest BCUT2D eigenvalue weighted by Gasteiger charge is 2.02. The highest BCUT2D eigenvalue weighted by Crippen LogP contribution is 1.94. The normalized spacial score (nSPS) is 14.9. The number of likely N-dealkylation sites (N-methyl/N-ethyl adjacent to an activating group) is 1. The maximum atomic E-state index is 9.05. The Labute approximate surface area is 78.8 Å². The van der Waals surface area contributed by atoms with Crippen molar-refractivity contribution in [2.24, 2.45) is 10.9 Å². The number of aliphatic hydroxyl groups is 1. The second-order valence-electron chi connectivity index (χ2n) is 3.31. The average molecular weight is 189 g/mol. The van der Waals surface area contributed by atoms with Crippen molar-refractivity contribution < 1.29 is 10.3 Å². The van der Waals surface area contributed by atoms with Gasteiger partial charge in [-0.25, -0.2) is 0 Å². The van der Waals surface area contributed by atoms with Gasteiger partial charge in [-0.05, 0) is 26.9 Å². The number of nitrogens with zero attached hydrogens (tertiary/aromatic N) is 2. The number of oxime groups is 1. The molecule has 5 nitrogen and oxygen atoms in total. The zero-order valence-electron chi connectivity index (χ0n) is 8.27. The van der Waals surface area contributed by atoms with E-state index in [2.05, 4.69) is 5.16 Å². The number of rotatable bonds is 6. The zero-order chi connectivity index (χ0) is 10.3. The molecule has 0 rings (SSSR count). The van der Waals surface area contributed by atoms with Crippen LogP contribution in [0.15, 0.2) is 5.16 Å². The smallest absolute Gasteiger partial charge is 0.139 e. The van der Waals surface area contributed by atoms with E-state index in [0.717, 1.165) is 13.0 Å². The summed E-state index contributed by atoms with van der Waals surface area (Å²) in [7, 11) is 1.93. The molecule has 0 aliphatic carbocycles. The third-order valence-electron chi connectivity index (χ3n) is 1.68. The molecule has 0 spiro atoms. The second kappa shape index (κ2) is 6.68. The van der Waals surface area contributed by atoms with Gasteiger partial charge in [0.2, 0.25) is 0 Å². The van der Waals surface area contributed by atoms with Crippen molar-refractivity contribution in [3.8, 4) is 0 Å². The van der Waals surface area contributed by atoms with Crippen LogP contribution in [0.25, 0.3) is 0 Å². The van der Waals surface area contributed by atoms with Crippen LogP contribution in [0.1, 0.15) is 19.8 Å². The largest absolute Gasteiger partial charge is 0.409 e. The monoisotopic (exact) mass is 189 g/mol. The summed E-state index contributed by atoms with van der Waals surface area (Å²) in [5.41, 5.74) is 5.29.